The van der Waals surface area contributed by atoms with E-state index >= 15 is 0 Å². The van der Waals surface area contributed by atoms with Crippen LogP contribution in [0.25, 0.3) is 0 Å². The van der Waals surface area contributed by atoms with Crippen LogP contribution in [0.4, 0.5) is 0 Å². The number of alkyl halides is 1. The molecule has 0 N–H and O–H groups in total. The number of carbonyl (C=O) groups excluding carboxylic acids is 1. The molecule has 0 aliphatic carbocycles. The van der Waals surface area contributed by atoms with Crippen molar-refractivity contribution in [3.8, 4) is 0 Å². The van der Waals surface area contributed by atoms with E-state index in [0.29, 0.717) is 0 Å². The van der Waals surface area contributed by atoms with Gasteiger partial charge >= 0.3 is 0 Å². The van der Waals surface area contributed by atoms with Crippen LogP contribution < -0.4 is 0 Å². The lowest BCUT2D eigenvalue weighted by atomic mass is 10.2. The van der Waals surface area contributed by atoms with E-state index in [2.05, 4.69) is 9.97 Å². The fraction of sp³-hybridized carbons (Fsp3) is 0.444. The minimum Gasteiger partial charge on any atom is -0.336 e. The first-order chi connectivity index (χ1) is 6.66. The lowest BCUT2D eigenvalue weighted by Crippen LogP contribution is -2.31. The molecule has 0 saturated heterocycles. The van der Waals surface area contributed by atoms with Gasteiger partial charge < -0.3 is 4.90 Å². The van der Waals surface area contributed by atoms with Gasteiger partial charge in [-0.2, -0.15) is 0 Å². The van der Waals surface area contributed by atoms with Crippen LogP contribution in [0.15, 0.2) is 18.6 Å². The van der Waals surface area contributed by atoms with Gasteiger partial charge in [0.25, 0.3) is 0 Å². The second kappa shape index (κ2) is 4.91. The highest BCUT2D eigenvalue weighted by Crippen LogP contribution is 2.14. The summed E-state index contributed by atoms with van der Waals surface area (Å²) < 4.78 is 0. The summed E-state index contributed by atoms with van der Waals surface area (Å²) in [4.78, 5) is 20.9. The van der Waals surface area contributed by atoms with Crippen molar-refractivity contribution < 1.29 is 4.79 Å². The molecule has 5 heteroatoms. The van der Waals surface area contributed by atoms with Crippen molar-refractivity contribution in [2.75, 3.05) is 12.9 Å². The number of amides is 1. The van der Waals surface area contributed by atoms with Crippen molar-refractivity contribution in [2.45, 2.75) is 13.0 Å². The molecule has 76 valence electrons. The highest BCUT2D eigenvalue weighted by atomic mass is 35.5. The molecule has 0 saturated carbocycles. The Balaban J connectivity index is 2.75. The van der Waals surface area contributed by atoms with Crippen molar-refractivity contribution in [3.63, 3.8) is 0 Å². The average molecular weight is 214 g/mol. The fourth-order valence-corrected chi connectivity index (χ4v) is 1.22. The van der Waals surface area contributed by atoms with Gasteiger partial charge in [-0.3, -0.25) is 14.8 Å². The Kier molecular flexibility index (Phi) is 3.83. The van der Waals surface area contributed by atoms with E-state index in [0.717, 1.165) is 5.69 Å². The molecule has 1 aromatic rings. The van der Waals surface area contributed by atoms with E-state index in [1.807, 2.05) is 6.92 Å². The molecular weight excluding hydrogens is 202 g/mol. The SMILES string of the molecule is CC(c1cnccn1)N(C)C(=O)CCl. The van der Waals surface area contributed by atoms with Crippen molar-refractivity contribution >= 4 is 17.5 Å². The average Bonchev–Trinajstić information content (AvgIpc) is 2.27. The van der Waals surface area contributed by atoms with Crippen LogP contribution in [-0.4, -0.2) is 33.7 Å². The molecular formula is C9H12ClN3O. The van der Waals surface area contributed by atoms with Gasteiger partial charge in [0.15, 0.2) is 0 Å². The molecule has 0 aliphatic heterocycles. The molecule has 1 rings (SSSR count). The molecule has 4 nitrogen and oxygen atoms in total. The number of nitrogens with zero attached hydrogens (tertiary/aromatic N) is 3. The van der Waals surface area contributed by atoms with E-state index < -0.39 is 0 Å². The minimum absolute atomic E-state index is 0.0128. The Bertz CT molecular complexity index is 304. The van der Waals surface area contributed by atoms with Crippen molar-refractivity contribution in [2.24, 2.45) is 0 Å². The number of hydrogen-bond acceptors (Lipinski definition) is 3. The Hall–Kier alpha value is -1.16. The molecule has 0 spiro atoms. The third kappa shape index (κ3) is 2.42. The number of rotatable bonds is 3. The van der Waals surface area contributed by atoms with Crippen LogP contribution in [0.3, 0.4) is 0 Å². The van der Waals surface area contributed by atoms with Gasteiger partial charge in [-0.15, -0.1) is 11.6 Å². The number of aromatic nitrogens is 2. The van der Waals surface area contributed by atoms with Crippen LogP contribution in [0.2, 0.25) is 0 Å². The van der Waals surface area contributed by atoms with Crippen LogP contribution in [0.1, 0.15) is 18.7 Å². The third-order valence-electron chi connectivity index (χ3n) is 2.10. The predicted molar refractivity (Wildman–Crippen MR) is 53.9 cm³/mol. The van der Waals surface area contributed by atoms with E-state index in [-0.39, 0.29) is 17.8 Å². The Morgan fingerprint density at radius 2 is 2.36 bits per heavy atom. The van der Waals surface area contributed by atoms with Crippen molar-refractivity contribution in [1.82, 2.24) is 14.9 Å². The molecule has 0 bridgehead atoms. The van der Waals surface area contributed by atoms with Crippen LogP contribution in [-0.2, 0) is 4.79 Å². The third-order valence-corrected chi connectivity index (χ3v) is 2.33. The molecule has 1 unspecified atom stereocenters. The van der Waals surface area contributed by atoms with Gasteiger partial charge in [0.05, 0.1) is 17.9 Å². The molecule has 0 fully saturated rings. The molecule has 1 heterocycles. The van der Waals surface area contributed by atoms with E-state index in [1.54, 1.807) is 30.5 Å². The Labute approximate surface area is 87.9 Å². The molecule has 0 radical (unpaired) electrons. The molecule has 1 aromatic heterocycles. The van der Waals surface area contributed by atoms with Crippen LogP contribution in [0, 0.1) is 0 Å². The monoisotopic (exact) mass is 213 g/mol. The topological polar surface area (TPSA) is 46.1 Å². The summed E-state index contributed by atoms with van der Waals surface area (Å²) in [5.74, 6) is -0.133. The summed E-state index contributed by atoms with van der Waals surface area (Å²) in [6.07, 6.45) is 4.84. The Morgan fingerprint density at radius 1 is 1.64 bits per heavy atom. The summed E-state index contributed by atoms with van der Waals surface area (Å²) in [5.41, 5.74) is 0.758. The highest BCUT2D eigenvalue weighted by molar-refractivity contribution is 6.27. The standard InChI is InChI=1S/C9H12ClN3O/c1-7(13(2)9(14)5-10)8-6-11-3-4-12-8/h3-4,6-7H,5H2,1-2H3. The maximum absolute atomic E-state index is 11.3. The van der Waals surface area contributed by atoms with Crippen molar-refractivity contribution in [1.29, 1.82) is 0 Å². The number of halogens is 1. The molecule has 0 aromatic carbocycles. The molecule has 1 atom stereocenters. The second-order valence-corrected chi connectivity index (χ2v) is 3.21. The normalized spacial score (nSPS) is 12.2. The molecule has 1 amide bonds. The highest BCUT2D eigenvalue weighted by Gasteiger charge is 2.17. The predicted octanol–water partition coefficient (Wildman–Crippen LogP) is 1.23. The largest absolute Gasteiger partial charge is 0.336 e. The quantitative estimate of drug-likeness (QED) is 0.710. The van der Waals surface area contributed by atoms with E-state index in [9.17, 15) is 4.79 Å². The molecule has 14 heavy (non-hydrogen) atoms. The van der Waals surface area contributed by atoms with Crippen molar-refractivity contribution in [3.05, 3.63) is 24.3 Å². The molecule has 0 aliphatic rings. The summed E-state index contributed by atoms with van der Waals surface area (Å²) >= 11 is 5.45. The first kappa shape index (κ1) is 10.9. The minimum atomic E-state index is -0.121. The number of hydrogen-bond donors (Lipinski definition) is 0. The van der Waals surface area contributed by atoms with E-state index in [1.165, 1.54) is 0 Å². The summed E-state index contributed by atoms with van der Waals surface area (Å²) in [6.45, 7) is 1.88. The lowest BCUT2D eigenvalue weighted by molar-refractivity contribution is -0.129. The first-order valence-corrected chi connectivity index (χ1v) is 4.77. The fourth-order valence-electron chi connectivity index (χ4n) is 1.04. The zero-order valence-electron chi connectivity index (χ0n) is 8.14. The number of carbonyl (C=O) groups is 1. The first-order valence-electron chi connectivity index (χ1n) is 4.24. The van der Waals surface area contributed by atoms with Gasteiger partial charge in [0.1, 0.15) is 5.88 Å². The van der Waals surface area contributed by atoms with Gasteiger partial charge in [-0.25, -0.2) is 0 Å². The maximum atomic E-state index is 11.3. The zero-order valence-corrected chi connectivity index (χ0v) is 8.90. The smallest absolute Gasteiger partial charge is 0.237 e. The van der Waals surface area contributed by atoms with Gasteiger partial charge in [0, 0.05) is 19.4 Å². The summed E-state index contributed by atoms with van der Waals surface area (Å²) in [5, 5.41) is 0. The van der Waals surface area contributed by atoms with Gasteiger partial charge in [-0.1, -0.05) is 0 Å². The Morgan fingerprint density at radius 3 is 2.86 bits per heavy atom. The zero-order chi connectivity index (χ0) is 10.6. The van der Waals surface area contributed by atoms with E-state index in [4.69, 9.17) is 11.6 Å². The van der Waals surface area contributed by atoms with Gasteiger partial charge in [0.2, 0.25) is 5.91 Å². The summed E-state index contributed by atoms with van der Waals surface area (Å²) in [6, 6.07) is -0.102. The lowest BCUT2D eigenvalue weighted by Gasteiger charge is -2.23. The second-order valence-electron chi connectivity index (χ2n) is 2.94. The summed E-state index contributed by atoms with van der Waals surface area (Å²) in [7, 11) is 1.70. The van der Waals surface area contributed by atoms with Crippen LogP contribution >= 0.6 is 11.6 Å². The van der Waals surface area contributed by atoms with Gasteiger partial charge in [-0.05, 0) is 6.92 Å². The van der Waals surface area contributed by atoms with Crippen LogP contribution in [0.5, 0.6) is 0 Å². The maximum Gasteiger partial charge on any atom is 0.237 e.